The second kappa shape index (κ2) is 4.74. The van der Waals surface area contributed by atoms with Gasteiger partial charge in [0.25, 0.3) is 5.91 Å². The van der Waals surface area contributed by atoms with E-state index in [1.54, 1.807) is 6.20 Å². The van der Waals surface area contributed by atoms with Crippen molar-refractivity contribution in [2.75, 3.05) is 26.2 Å². The Bertz CT molecular complexity index is 534. The number of nitrogens with zero attached hydrogens (tertiary/aromatic N) is 2. The zero-order chi connectivity index (χ0) is 13.5. The van der Waals surface area contributed by atoms with E-state index in [1.807, 2.05) is 6.07 Å². The number of hydrogen-bond donors (Lipinski definition) is 1. The highest BCUT2D eigenvalue weighted by Gasteiger charge is 2.33. The van der Waals surface area contributed by atoms with Crippen molar-refractivity contribution in [3.63, 3.8) is 0 Å². The first-order valence-electron chi connectivity index (χ1n) is 7.43. The zero-order valence-electron chi connectivity index (χ0n) is 11.5. The van der Waals surface area contributed by atoms with Gasteiger partial charge in [0, 0.05) is 31.1 Å². The van der Waals surface area contributed by atoms with Crippen LogP contribution in [0.2, 0.25) is 0 Å². The van der Waals surface area contributed by atoms with Crippen molar-refractivity contribution in [3.8, 4) is 5.75 Å². The van der Waals surface area contributed by atoms with E-state index < -0.39 is 0 Å². The lowest BCUT2D eigenvalue weighted by Gasteiger charge is -2.30. The minimum atomic E-state index is -0.0489. The Morgan fingerprint density at radius 3 is 3.30 bits per heavy atom. The maximum absolute atomic E-state index is 12.3. The van der Waals surface area contributed by atoms with Crippen LogP contribution in [0.4, 0.5) is 0 Å². The molecule has 4 rings (SSSR count). The number of carbonyl (C=O) groups excluding carboxylic acids is 1. The van der Waals surface area contributed by atoms with Crippen molar-refractivity contribution in [1.82, 2.24) is 15.2 Å². The quantitative estimate of drug-likeness (QED) is 0.867. The molecule has 2 saturated heterocycles. The molecule has 1 amide bonds. The molecule has 1 unspecified atom stereocenters. The van der Waals surface area contributed by atoms with E-state index >= 15 is 0 Å². The Balaban J connectivity index is 1.45. The van der Waals surface area contributed by atoms with E-state index in [0.29, 0.717) is 12.3 Å². The molecule has 2 fully saturated rings. The minimum absolute atomic E-state index is 0.0489. The van der Waals surface area contributed by atoms with Gasteiger partial charge in [0.05, 0.1) is 12.8 Å². The average Bonchev–Trinajstić information content (AvgIpc) is 3.04. The highest BCUT2D eigenvalue weighted by molar-refractivity contribution is 5.92. The molecule has 0 saturated carbocycles. The van der Waals surface area contributed by atoms with Gasteiger partial charge < -0.3 is 15.0 Å². The molecule has 0 aromatic carbocycles. The third kappa shape index (κ3) is 2.16. The summed E-state index contributed by atoms with van der Waals surface area (Å²) in [6.07, 6.45) is 4.93. The topological polar surface area (TPSA) is 54.5 Å². The summed E-state index contributed by atoms with van der Waals surface area (Å²) >= 11 is 0. The van der Waals surface area contributed by atoms with E-state index in [0.717, 1.165) is 36.6 Å². The summed E-state index contributed by atoms with van der Waals surface area (Å²) in [4.78, 5) is 19.0. The highest BCUT2D eigenvalue weighted by atomic mass is 16.5. The second-order valence-electron chi connectivity index (χ2n) is 6.10. The van der Waals surface area contributed by atoms with E-state index in [4.69, 9.17) is 4.74 Å². The first kappa shape index (κ1) is 12.1. The number of nitrogens with one attached hydrogen (secondary N) is 1. The molecule has 5 heteroatoms. The molecule has 3 aliphatic heterocycles. The predicted molar refractivity (Wildman–Crippen MR) is 73.9 cm³/mol. The summed E-state index contributed by atoms with van der Waals surface area (Å²) in [5.74, 6) is 1.53. The Kier molecular flexibility index (Phi) is 2.88. The Morgan fingerprint density at radius 1 is 1.45 bits per heavy atom. The molecule has 3 atom stereocenters. The number of rotatable bonds is 2. The maximum Gasteiger partial charge on any atom is 0.270 e. The fourth-order valence-corrected chi connectivity index (χ4v) is 3.63. The summed E-state index contributed by atoms with van der Waals surface area (Å²) in [5, 5.41) is 3.14. The summed E-state index contributed by atoms with van der Waals surface area (Å²) in [6.45, 7) is 4.07. The first-order chi connectivity index (χ1) is 9.78. The number of hydrogen-bond acceptors (Lipinski definition) is 4. The number of fused-ring (bicyclic) bond motifs is 3. The molecule has 1 N–H and O–H groups in total. The van der Waals surface area contributed by atoms with Gasteiger partial charge in [0.2, 0.25) is 0 Å². The van der Waals surface area contributed by atoms with E-state index in [1.165, 1.54) is 19.5 Å². The number of ether oxygens (including phenoxy) is 1. The van der Waals surface area contributed by atoms with Crippen LogP contribution in [-0.4, -0.2) is 48.1 Å². The Hall–Kier alpha value is -1.62. The van der Waals surface area contributed by atoms with Gasteiger partial charge >= 0.3 is 0 Å². The second-order valence-corrected chi connectivity index (χ2v) is 6.10. The standard InChI is InChI=1S/C15H19N3O2/c19-15(13-6-11-2-4-20-14(11)7-16-13)17-12-5-10-1-3-18(8-10)9-12/h6-7,10,12H,1-5,8-9H2,(H,17,19)/t10-,12+/m0/s1. The normalized spacial score (nSPS) is 30.7. The van der Waals surface area contributed by atoms with Gasteiger partial charge in [-0.25, -0.2) is 4.98 Å². The molecule has 0 spiro atoms. The Morgan fingerprint density at radius 2 is 2.40 bits per heavy atom. The van der Waals surface area contributed by atoms with Crippen LogP contribution < -0.4 is 10.1 Å². The van der Waals surface area contributed by atoms with Gasteiger partial charge in [-0.1, -0.05) is 0 Å². The van der Waals surface area contributed by atoms with Gasteiger partial charge in [0.1, 0.15) is 11.4 Å². The Labute approximate surface area is 118 Å². The van der Waals surface area contributed by atoms with Crippen molar-refractivity contribution in [3.05, 3.63) is 23.5 Å². The molecule has 5 nitrogen and oxygen atoms in total. The molecule has 1 aromatic rings. The number of carbonyl (C=O) groups is 1. The van der Waals surface area contributed by atoms with E-state index in [-0.39, 0.29) is 11.9 Å². The molecule has 106 valence electrons. The van der Waals surface area contributed by atoms with Crippen molar-refractivity contribution in [1.29, 1.82) is 0 Å². The van der Waals surface area contributed by atoms with Crippen LogP contribution in [0.5, 0.6) is 5.75 Å². The molecule has 1 aromatic heterocycles. The summed E-state index contributed by atoms with van der Waals surface area (Å²) < 4.78 is 5.42. The van der Waals surface area contributed by atoms with Crippen LogP contribution in [0.3, 0.4) is 0 Å². The largest absolute Gasteiger partial charge is 0.491 e. The fourth-order valence-electron chi connectivity index (χ4n) is 3.63. The predicted octanol–water partition coefficient (Wildman–Crippen LogP) is 0.840. The first-order valence-corrected chi connectivity index (χ1v) is 7.43. The van der Waals surface area contributed by atoms with Crippen molar-refractivity contribution in [2.45, 2.75) is 25.3 Å². The lowest BCUT2D eigenvalue weighted by Crippen LogP contribution is -2.47. The van der Waals surface area contributed by atoms with Crippen molar-refractivity contribution in [2.24, 2.45) is 5.92 Å². The summed E-state index contributed by atoms with van der Waals surface area (Å²) in [5.41, 5.74) is 1.61. The molecule has 2 bridgehead atoms. The van der Waals surface area contributed by atoms with Gasteiger partial charge in [-0.05, 0) is 31.4 Å². The lowest BCUT2D eigenvalue weighted by atomic mass is 9.97. The molecular formula is C15H19N3O2. The van der Waals surface area contributed by atoms with Gasteiger partial charge in [-0.3, -0.25) is 4.79 Å². The van der Waals surface area contributed by atoms with Crippen molar-refractivity contribution >= 4 is 5.91 Å². The molecule has 0 radical (unpaired) electrons. The van der Waals surface area contributed by atoms with Crippen LogP contribution in [-0.2, 0) is 6.42 Å². The number of amides is 1. The third-order valence-electron chi connectivity index (χ3n) is 4.61. The smallest absolute Gasteiger partial charge is 0.270 e. The number of aromatic nitrogens is 1. The SMILES string of the molecule is O=C(N[C@@H]1C[C@@H]2CCN(C2)C1)c1cc2c(cn1)OCC2. The van der Waals surface area contributed by atoms with Crippen LogP contribution in [0.25, 0.3) is 0 Å². The number of piperidine rings is 1. The minimum Gasteiger partial charge on any atom is -0.491 e. The summed E-state index contributed by atoms with van der Waals surface area (Å²) in [6, 6.07) is 2.14. The summed E-state index contributed by atoms with van der Waals surface area (Å²) in [7, 11) is 0. The fraction of sp³-hybridized carbons (Fsp3) is 0.600. The zero-order valence-corrected chi connectivity index (χ0v) is 11.5. The van der Waals surface area contributed by atoms with Gasteiger partial charge in [-0.15, -0.1) is 0 Å². The lowest BCUT2D eigenvalue weighted by molar-refractivity contribution is 0.0904. The van der Waals surface area contributed by atoms with Gasteiger partial charge in [-0.2, -0.15) is 0 Å². The highest BCUT2D eigenvalue weighted by Crippen LogP contribution is 2.27. The van der Waals surface area contributed by atoms with Crippen LogP contribution in [0, 0.1) is 5.92 Å². The monoisotopic (exact) mass is 273 g/mol. The average molecular weight is 273 g/mol. The van der Waals surface area contributed by atoms with Crippen LogP contribution >= 0.6 is 0 Å². The van der Waals surface area contributed by atoms with Gasteiger partial charge in [0.15, 0.2) is 0 Å². The molecule has 20 heavy (non-hydrogen) atoms. The molecular weight excluding hydrogens is 254 g/mol. The third-order valence-corrected chi connectivity index (χ3v) is 4.61. The molecule has 3 aliphatic rings. The van der Waals surface area contributed by atoms with Crippen LogP contribution in [0.15, 0.2) is 12.3 Å². The molecule has 0 aliphatic carbocycles. The molecule has 4 heterocycles. The number of pyridine rings is 1. The van der Waals surface area contributed by atoms with E-state index in [2.05, 4.69) is 15.2 Å². The van der Waals surface area contributed by atoms with Crippen LogP contribution in [0.1, 0.15) is 28.9 Å². The maximum atomic E-state index is 12.3. The van der Waals surface area contributed by atoms with E-state index in [9.17, 15) is 4.79 Å². The van der Waals surface area contributed by atoms with Crippen molar-refractivity contribution < 1.29 is 9.53 Å².